The molecule has 0 spiro atoms. The van der Waals surface area contributed by atoms with Crippen LogP contribution in [-0.2, 0) is 44.1 Å². The molecule has 3 atom stereocenters. The van der Waals surface area contributed by atoms with Crippen molar-refractivity contribution in [2.24, 2.45) is 11.8 Å². The minimum atomic E-state index is -0.901. The number of amides is 4. The molecule has 1 saturated heterocycles. The highest BCUT2D eigenvalue weighted by atomic mass is 16.2. The Morgan fingerprint density at radius 3 is 2.55 bits per heavy atom. The molecule has 4 amide bonds. The highest BCUT2D eigenvalue weighted by Crippen LogP contribution is 2.50. The van der Waals surface area contributed by atoms with Crippen molar-refractivity contribution in [3.05, 3.63) is 53.7 Å². The van der Waals surface area contributed by atoms with Crippen molar-refractivity contribution >= 4 is 34.5 Å². The summed E-state index contributed by atoms with van der Waals surface area (Å²) in [6.07, 6.45) is 8.18. The van der Waals surface area contributed by atoms with Gasteiger partial charge in [0.1, 0.15) is 0 Å². The lowest BCUT2D eigenvalue weighted by Gasteiger charge is -2.54. The van der Waals surface area contributed by atoms with E-state index < -0.39 is 17.4 Å². The summed E-state index contributed by atoms with van der Waals surface area (Å²) in [5.41, 5.74) is 3.15. The lowest BCUT2D eigenvalue weighted by molar-refractivity contribution is -0.166. The Morgan fingerprint density at radius 2 is 1.89 bits per heavy atom. The van der Waals surface area contributed by atoms with Gasteiger partial charge >= 0.3 is 0 Å². The van der Waals surface area contributed by atoms with Crippen LogP contribution in [0.4, 0.5) is 0 Å². The maximum Gasteiger partial charge on any atom is 0.228 e. The van der Waals surface area contributed by atoms with Gasteiger partial charge in [-0.2, -0.15) is 0 Å². The van der Waals surface area contributed by atoms with Crippen molar-refractivity contribution in [2.75, 3.05) is 27.2 Å². The third-order valence-electron chi connectivity index (χ3n) is 10.1. The predicted octanol–water partition coefficient (Wildman–Crippen LogP) is 3.86. The molecule has 2 aliphatic rings. The fourth-order valence-corrected chi connectivity index (χ4v) is 7.75. The number of nitrogens with zero attached hydrogens (tertiary/aromatic N) is 5. The number of aryl methyl sites for hydroxylation is 2. The van der Waals surface area contributed by atoms with Gasteiger partial charge in [0.05, 0.1) is 17.8 Å². The number of hydrogen-bond donors (Lipinski definition) is 2. The van der Waals surface area contributed by atoms with Gasteiger partial charge in [-0.1, -0.05) is 12.1 Å². The van der Waals surface area contributed by atoms with E-state index in [1.54, 1.807) is 31.5 Å². The van der Waals surface area contributed by atoms with Crippen molar-refractivity contribution in [1.29, 1.82) is 0 Å². The summed E-state index contributed by atoms with van der Waals surface area (Å²) in [6, 6.07) is 6.24. The number of aromatic nitrogens is 3. The number of carbonyl (C=O) groups is 4. The van der Waals surface area contributed by atoms with E-state index in [2.05, 4.69) is 33.5 Å². The van der Waals surface area contributed by atoms with Gasteiger partial charge in [-0.3, -0.25) is 19.2 Å². The SMILES string of the molecule is CC(C)N(C(=O)[C@H]1C[C@H](CC(=O)NCCCn2ccnc2)C(=O)N2CCc3c([nH]c4cc(CCC(=O)N(C)C)ccc34)[C@]12C)C(C)C. The first-order chi connectivity index (χ1) is 22.3. The number of piperidine rings is 1. The molecule has 0 unspecified atom stereocenters. The van der Waals surface area contributed by atoms with Crippen molar-refractivity contribution in [2.45, 2.75) is 97.3 Å². The summed E-state index contributed by atoms with van der Waals surface area (Å²) in [6.45, 7) is 11.9. The largest absolute Gasteiger partial charge is 0.356 e. The molecule has 0 saturated carbocycles. The molecule has 0 bridgehead atoms. The Labute approximate surface area is 278 Å². The number of fused-ring (bicyclic) bond motifs is 5. The van der Waals surface area contributed by atoms with Crippen molar-refractivity contribution in [3.8, 4) is 0 Å². The van der Waals surface area contributed by atoms with E-state index in [0.717, 1.165) is 40.7 Å². The predicted molar refractivity (Wildman–Crippen MR) is 181 cm³/mol. The van der Waals surface area contributed by atoms with E-state index >= 15 is 0 Å². The molecule has 47 heavy (non-hydrogen) atoms. The zero-order valence-corrected chi connectivity index (χ0v) is 29.0. The Kier molecular flexibility index (Phi) is 10.1. The topological polar surface area (TPSA) is 124 Å². The molecule has 4 heterocycles. The second kappa shape index (κ2) is 13.9. The van der Waals surface area contributed by atoms with E-state index in [-0.39, 0.29) is 42.1 Å². The van der Waals surface area contributed by atoms with Crippen LogP contribution in [0.15, 0.2) is 36.9 Å². The summed E-state index contributed by atoms with van der Waals surface area (Å²) in [5, 5.41) is 4.08. The van der Waals surface area contributed by atoms with E-state index in [9.17, 15) is 19.2 Å². The molecule has 2 aliphatic heterocycles. The molecule has 1 fully saturated rings. The van der Waals surface area contributed by atoms with Gasteiger partial charge < -0.3 is 29.6 Å². The van der Waals surface area contributed by atoms with Crippen LogP contribution in [0.1, 0.15) is 77.1 Å². The van der Waals surface area contributed by atoms with Crippen LogP contribution >= 0.6 is 0 Å². The second-order valence-corrected chi connectivity index (χ2v) is 14.2. The van der Waals surface area contributed by atoms with Crippen LogP contribution in [0, 0.1) is 11.8 Å². The molecule has 3 aromatic rings. The first-order valence-corrected chi connectivity index (χ1v) is 17.0. The Hall–Kier alpha value is -4.15. The molecule has 254 valence electrons. The minimum Gasteiger partial charge on any atom is -0.356 e. The minimum absolute atomic E-state index is 0.00938. The molecule has 1 aromatic carbocycles. The van der Waals surface area contributed by atoms with Crippen molar-refractivity contribution < 1.29 is 19.2 Å². The number of H-pyrrole nitrogens is 1. The number of hydrogen-bond acceptors (Lipinski definition) is 5. The number of benzene rings is 1. The molecule has 0 aliphatic carbocycles. The number of carbonyl (C=O) groups excluding carboxylic acids is 4. The number of aromatic amines is 1. The monoisotopic (exact) mass is 645 g/mol. The molecular formula is C36H51N7O4. The van der Waals surface area contributed by atoms with Gasteiger partial charge in [-0.15, -0.1) is 0 Å². The lowest BCUT2D eigenvalue weighted by Crippen LogP contribution is -2.65. The highest BCUT2D eigenvalue weighted by molar-refractivity contribution is 5.93. The Morgan fingerprint density at radius 1 is 1.15 bits per heavy atom. The number of nitrogens with one attached hydrogen (secondary N) is 2. The van der Waals surface area contributed by atoms with Crippen molar-refractivity contribution in [1.82, 2.24) is 34.6 Å². The van der Waals surface area contributed by atoms with Gasteiger partial charge in [0, 0.05) is 93.6 Å². The second-order valence-electron chi connectivity index (χ2n) is 14.2. The van der Waals surface area contributed by atoms with E-state index in [1.165, 1.54) is 0 Å². The quantitative estimate of drug-likeness (QED) is 0.290. The van der Waals surface area contributed by atoms with E-state index in [4.69, 9.17) is 0 Å². The fraction of sp³-hybridized carbons (Fsp3) is 0.583. The van der Waals surface area contributed by atoms with Crippen LogP contribution in [0.25, 0.3) is 10.9 Å². The van der Waals surface area contributed by atoms with Crippen molar-refractivity contribution in [3.63, 3.8) is 0 Å². The highest BCUT2D eigenvalue weighted by Gasteiger charge is 2.57. The fourth-order valence-electron chi connectivity index (χ4n) is 7.75. The smallest absolute Gasteiger partial charge is 0.228 e. The molecule has 5 rings (SSSR count). The van der Waals surface area contributed by atoms with Gasteiger partial charge in [-0.05, 0) is 77.5 Å². The Balaban J connectivity index is 1.44. The first-order valence-electron chi connectivity index (χ1n) is 17.0. The van der Waals surface area contributed by atoms with E-state index in [0.29, 0.717) is 38.8 Å². The summed E-state index contributed by atoms with van der Waals surface area (Å²) in [4.78, 5) is 67.4. The van der Waals surface area contributed by atoms with Crippen LogP contribution in [0.2, 0.25) is 0 Å². The molecular weight excluding hydrogens is 594 g/mol. The maximum absolute atomic E-state index is 14.6. The first kappa shape index (κ1) is 34.2. The maximum atomic E-state index is 14.6. The third kappa shape index (κ3) is 6.80. The third-order valence-corrected chi connectivity index (χ3v) is 10.1. The summed E-state index contributed by atoms with van der Waals surface area (Å²) < 4.78 is 1.96. The van der Waals surface area contributed by atoms with Crippen LogP contribution in [-0.4, -0.2) is 92.1 Å². The molecule has 11 heteroatoms. The van der Waals surface area contributed by atoms with Gasteiger partial charge in [-0.25, -0.2) is 4.98 Å². The van der Waals surface area contributed by atoms with Gasteiger partial charge in [0.25, 0.3) is 0 Å². The van der Waals surface area contributed by atoms with Crippen LogP contribution < -0.4 is 5.32 Å². The average Bonchev–Trinajstić information content (AvgIpc) is 3.67. The number of imidazole rings is 1. The van der Waals surface area contributed by atoms with Crippen LogP contribution in [0.3, 0.4) is 0 Å². The molecule has 2 N–H and O–H groups in total. The average molecular weight is 646 g/mol. The van der Waals surface area contributed by atoms with Gasteiger partial charge in [0.2, 0.25) is 23.6 Å². The summed E-state index contributed by atoms with van der Waals surface area (Å²) >= 11 is 0. The molecule has 11 nitrogen and oxygen atoms in total. The van der Waals surface area contributed by atoms with Gasteiger partial charge in [0.15, 0.2) is 0 Å². The molecule has 2 aromatic heterocycles. The zero-order valence-electron chi connectivity index (χ0n) is 29.0. The van der Waals surface area contributed by atoms with E-state index in [1.807, 2.05) is 55.2 Å². The standard InChI is InChI=1S/C36H51N7O4/c1-23(2)43(24(3)4)35(47)29-20-26(21-31(44)38-14-8-16-41-18-15-37-22-41)34(46)42-17-13-28-27-11-9-25(10-12-32(45)40(6)7)19-30(27)39-33(28)36(29,42)5/h9,11,15,18-19,22-24,26,29,39H,8,10,12-14,16-17,20-21H2,1-7H3,(H,38,44)/t26-,29-,36+/m1/s1. The number of rotatable bonds is 12. The molecule has 0 radical (unpaired) electrons. The zero-order chi connectivity index (χ0) is 34.0. The summed E-state index contributed by atoms with van der Waals surface area (Å²) in [7, 11) is 3.53. The normalized spacial score (nSPS) is 20.8. The van der Waals surface area contributed by atoms with Crippen LogP contribution in [0.5, 0.6) is 0 Å². The Bertz CT molecular complexity index is 1600. The summed E-state index contributed by atoms with van der Waals surface area (Å²) in [5.74, 6) is -1.27. The lowest BCUT2D eigenvalue weighted by atomic mass is 9.67.